The Morgan fingerprint density at radius 1 is 1.11 bits per heavy atom. The van der Waals surface area contributed by atoms with Gasteiger partial charge in [0.15, 0.2) is 0 Å². The van der Waals surface area contributed by atoms with Crippen molar-refractivity contribution in [1.82, 2.24) is 13.9 Å². The first-order valence-electron chi connectivity index (χ1n) is 8.85. The van der Waals surface area contributed by atoms with E-state index in [0.717, 1.165) is 29.2 Å². The minimum atomic E-state index is -3.47. The molecule has 0 aliphatic rings. The number of rotatable bonds is 6. The topological polar surface area (TPSA) is 55.2 Å². The number of hydrogen-bond acceptors (Lipinski definition) is 4. The van der Waals surface area contributed by atoms with E-state index in [4.69, 9.17) is 4.98 Å². The summed E-state index contributed by atoms with van der Waals surface area (Å²) in [7, 11) is -0.389. The van der Waals surface area contributed by atoms with Crippen molar-refractivity contribution >= 4 is 32.8 Å². The molecule has 0 N–H and O–H groups in total. The van der Waals surface area contributed by atoms with Gasteiger partial charge in [-0.25, -0.2) is 17.7 Å². The number of hydrogen-bond donors (Lipinski definition) is 0. The Labute approximate surface area is 165 Å². The van der Waals surface area contributed by atoms with E-state index in [0.29, 0.717) is 0 Å². The second kappa shape index (κ2) is 7.66. The lowest BCUT2D eigenvalue weighted by molar-refractivity contribution is 0.521. The highest BCUT2D eigenvalue weighted by atomic mass is 32.2. The molecule has 144 valence electrons. The molecule has 3 rings (SSSR count). The molecule has 27 heavy (non-hydrogen) atoms. The van der Waals surface area contributed by atoms with E-state index < -0.39 is 10.0 Å². The standard InChI is InChI=1S/C20H25N3O2S2/c1-6-23-18-10-9-16(27(24,25)22(4)5)12-17(18)21-20(23)13-26-19-11-14(2)7-8-15(19)3/h7-12H,6,13H2,1-5H3. The maximum absolute atomic E-state index is 12.4. The summed E-state index contributed by atoms with van der Waals surface area (Å²) in [6.45, 7) is 7.08. The largest absolute Gasteiger partial charge is 0.328 e. The van der Waals surface area contributed by atoms with Gasteiger partial charge in [0.2, 0.25) is 10.0 Å². The number of thioether (sulfide) groups is 1. The van der Waals surface area contributed by atoms with Crippen LogP contribution in [-0.4, -0.2) is 36.4 Å². The van der Waals surface area contributed by atoms with Crippen LogP contribution < -0.4 is 0 Å². The third kappa shape index (κ3) is 3.90. The Bertz CT molecular complexity index is 1090. The molecule has 0 fully saturated rings. The van der Waals surface area contributed by atoms with Crippen molar-refractivity contribution in [3.8, 4) is 0 Å². The van der Waals surface area contributed by atoms with E-state index in [2.05, 4.69) is 43.5 Å². The predicted octanol–water partition coefficient (Wildman–Crippen LogP) is 4.22. The zero-order valence-electron chi connectivity index (χ0n) is 16.4. The van der Waals surface area contributed by atoms with Crippen LogP contribution >= 0.6 is 11.8 Å². The predicted molar refractivity (Wildman–Crippen MR) is 112 cm³/mol. The highest BCUT2D eigenvalue weighted by Crippen LogP contribution is 2.29. The third-order valence-electron chi connectivity index (χ3n) is 4.59. The fraction of sp³-hybridized carbons (Fsp3) is 0.350. The van der Waals surface area contributed by atoms with Gasteiger partial charge in [0.25, 0.3) is 0 Å². The van der Waals surface area contributed by atoms with Gasteiger partial charge in [-0.15, -0.1) is 11.8 Å². The van der Waals surface area contributed by atoms with Gasteiger partial charge in [0.05, 0.1) is 21.7 Å². The molecule has 0 unspecified atom stereocenters. The van der Waals surface area contributed by atoms with Gasteiger partial charge in [-0.3, -0.25) is 0 Å². The van der Waals surface area contributed by atoms with Gasteiger partial charge in [0.1, 0.15) is 5.82 Å². The van der Waals surface area contributed by atoms with E-state index in [-0.39, 0.29) is 4.90 Å². The summed E-state index contributed by atoms with van der Waals surface area (Å²) in [5.41, 5.74) is 4.18. The maximum Gasteiger partial charge on any atom is 0.242 e. The van der Waals surface area contributed by atoms with Crippen molar-refractivity contribution in [3.05, 3.63) is 53.3 Å². The van der Waals surface area contributed by atoms with Crippen LogP contribution in [0.4, 0.5) is 0 Å². The van der Waals surface area contributed by atoms with E-state index in [1.54, 1.807) is 23.9 Å². The molecule has 2 aromatic carbocycles. The molecule has 0 amide bonds. The van der Waals surface area contributed by atoms with Gasteiger partial charge >= 0.3 is 0 Å². The summed E-state index contributed by atoms with van der Waals surface area (Å²) in [6, 6.07) is 11.6. The highest BCUT2D eigenvalue weighted by Gasteiger charge is 2.19. The van der Waals surface area contributed by atoms with Crippen LogP contribution in [0.5, 0.6) is 0 Å². The molecule has 7 heteroatoms. The van der Waals surface area contributed by atoms with Crippen molar-refractivity contribution in [2.45, 2.75) is 42.9 Å². The van der Waals surface area contributed by atoms with Crippen LogP contribution in [0.2, 0.25) is 0 Å². The van der Waals surface area contributed by atoms with Gasteiger partial charge in [0, 0.05) is 25.5 Å². The van der Waals surface area contributed by atoms with Crippen molar-refractivity contribution in [3.63, 3.8) is 0 Å². The van der Waals surface area contributed by atoms with Gasteiger partial charge in [-0.1, -0.05) is 17.7 Å². The number of imidazole rings is 1. The first-order valence-corrected chi connectivity index (χ1v) is 11.3. The summed E-state index contributed by atoms with van der Waals surface area (Å²) in [6.07, 6.45) is 0. The lowest BCUT2D eigenvalue weighted by Crippen LogP contribution is -2.22. The summed E-state index contributed by atoms with van der Waals surface area (Å²) in [4.78, 5) is 6.27. The molecule has 1 aromatic heterocycles. The van der Waals surface area contributed by atoms with E-state index in [1.807, 2.05) is 6.07 Å². The van der Waals surface area contributed by atoms with E-state index >= 15 is 0 Å². The summed E-state index contributed by atoms with van der Waals surface area (Å²) in [5, 5.41) is 0. The van der Waals surface area contributed by atoms with Gasteiger partial charge in [-0.2, -0.15) is 0 Å². The molecule has 0 atom stereocenters. The lowest BCUT2D eigenvalue weighted by atomic mass is 10.2. The van der Waals surface area contributed by atoms with Crippen LogP contribution in [0.3, 0.4) is 0 Å². The molecule has 5 nitrogen and oxygen atoms in total. The molecule has 0 radical (unpaired) electrons. The average Bonchev–Trinajstić information content (AvgIpc) is 2.98. The SMILES string of the molecule is CCn1c(CSc2cc(C)ccc2C)nc2cc(S(=O)(=O)N(C)C)ccc21. The average molecular weight is 404 g/mol. The van der Waals surface area contributed by atoms with Crippen LogP contribution in [0.15, 0.2) is 46.2 Å². The summed E-state index contributed by atoms with van der Waals surface area (Å²) >= 11 is 1.76. The Hall–Kier alpha value is -1.83. The second-order valence-corrected chi connectivity index (χ2v) is 9.94. The molecule has 0 bridgehead atoms. The van der Waals surface area contributed by atoms with Crippen molar-refractivity contribution < 1.29 is 8.42 Å². The minimum absolute atomic E-state index is 0.273. The fourth-order valence-corrected chi connectivity index (χ4v) is 4.99. The summed E-state index contributed by atoms with van der Waals surface area (Å²) in [5.74, 6) is 1.69. The highest BCUT2D eigenvalue weighted by molar-refractivity contribution is 7.98. The van der Waals surface area contributed by atoms with Crippen LogP contribution in [0.25, 0.3) is 11.0 Å². The van der Waals surface area contributed by atoms with Crippen LogP contribution in [0.1, 0.15) is 23.9 Å². The quantitative estimate of drug-likeness (QED) is 0.579. The molecule has 0 spiro atoms. The van der Waals surface area contributed by atoms with Gasteiger partial charge in [-0.05, 0) is 50.6 Å². The van der Waals surface area contributed by atoms with E-state index in [1.165, 1.54) is 34.4 Å². The molecule has 0 saturated carbocycles. The maximum atomic E-state index is 12.4. The molecular formula is C20H25N3O2S2. The van der Waals surface area contributed by atoms with Crippen LogP contribution in [-0.2, 0) is 22.3 Å². The monoisotopic (exact) mass is 403 g/mol. The number of fused-ring (bicyclic) bond motifs is 1. The summed E-state index contributed by atoms with van der Waals surface area (Å²) < 4.78 is 28.2. The zero-order chi connectivity index (χ0) is 19.8. The number of sulfonamides is 1. The van der Waals surface area contributed by atoms with E-state index in [9.17, 15) is 8.42 Å². The number of nitrogens with zero attached hydrogens (tertiary/aromatic N) is 3. The smallest absolute Gasteiger partial charge is 0.242 e. The third-order valence-corrected chi connectivity index (χ3v) is 7.56. The molecular weight excluding hydrogens is 378 g/mol. The van der Waals surface area contributed by atoms with Crippen molar-refractivity contribution in [2.24, 2.45) is 0 Å². The van der Waals surface area contributed by atoms with Crippen molar-refractivity contribution in [2.75, 3.05) is 14.1 Å². The lowest BCUT2D eigenvalue weighted by Gasteiger charge is -2.11. The first-order chi connectivity index (χ1) is 12.7. The zero-order valence-corrected chi connectivity index (χ0v) is 18.0. The Kier molecular flexibility index (Phi) is 5.65. The van der Waals surface area contributed by atoms with Gasteiger partial charge < -0.3 is 4.57 Å². The molecule has 3 aromatic rings. The first kappa shape index (κ1) is 19.9. The number of aromatic nitrogens is 2. The second-order valence-electron chi connectivity index (χ2n) is 6.77. The normalized spacial score (nSPS) is 12.2. The van der Waals surface area contributed by atoms with Crippen LogP contribution in [0, 0.1) is 13.8 Å². The minimum Gasteiger partial charge on any atom is -0.328 e. The Morgan fingerprint density at radius 3 is 2.52 bits per heavy atom. The molecule has 1 heterocycles. The Balaban J connectivity index is 1.97. The Morgan fingerprint density at radius 2 is 1.85 bits per heavy atom. The fourth-order valence-electron chi connectivity index (χ4n) is 3.00. The molecule has 0 aliphatic heterocycles. The number of aryl methyl sites for hydroxylation is 3. The molecule has 0 saturated heterocycles. The van der Waals surface area contributed by atoms with Crippen molar-refractivity contribution in [1.29, 1.82) is 0 Å². The number of benzene rings is 2. The molecule has 0 aliphatic carbocycles.